The van der Waals surface area contributed by atoms with E-state index in [1.165, 1.54) is 24.3 Å². The quantitative estimate of drug-likeness (QED) is 0.669. The molecular weight excluding hydrogens is 319 g/mol. The summed E-state index contributed by atoms with van der Waals surface area (Å²) in [6.07, 6.45) is -5.24. The van der Waals surface area contributed by atoms with Gasteiger partial charge in [-0.05, 0) is 12.1 Å². The number of nitrogens with one attached hydrogen (secondary N) is 1. The van der Waals surface area contributed by atoms with E-state index in [0.29, 0.717) is 7.11 Å². The average Bonchev–Trinajstić information content (AvgIpc) is 2.52. The van der Waals surface area contributed by atoms with Crippen LogP contribution in [0.1, 0.15) is 10.4 Å². The van der Waals surface area contributed by atoms with E-state index in [4.69, 9.17) is 0 Å². The second kappa shape index (κ2) is 7.43. The molecule has 1 amide bonds. The van der Waals surface area contributed by atoms with Crippen molar-refractivity contribution in [2.75, 3.05) is 14.2 Å². The fourth-order valence-electron chi connectivity index (χ4n) is 1.55. The van der Waals surface area contributed by atoms with Gasteiger partial charge >= 0.3 is 18.1 Å². The molecule has 0 atom stereocenters. The Hall–Kier alpha value is -2.84. The van der Waals surface area contributed by atoms with Gasteiger partial charge in [-0.2, -0.15) is 13.2 Å². The molecule has 124 valence electrons. The number of halogens is 3. The lowest BCUT2D eigenvalue weighted by Crippen LogP contribution is -2.35. The fourth-order valence-corrected chi connectivity index (χ4v) is 1.55. The SMILES string of the molecule is COC(=O)C(NC(=O)c1ccccc1)=C(C(=O)OC)C(F)(F)F. The monoisotopic (exact) mass is 331 g/mol. The zero-order chi connectivity index (χ0) is 17.6. The van der Waals surface area contributed by atoms with Crippen LogP contribution in [0, 0.1) is 0 Å². The second-order valence-electron chi connectivity index (χ2n) is 4.05. The molecule has 0 aliphatic rings. The highest BCUT2D eigenvalue weighted by Crippen LogP contribution is 2.29. The van der Waals surface area contributed by atoms with Gasteiger partial charge < -0.3 is 14.8 Å². The van der Waals surface area contributed by atoms with Gasteiger partial charge in [-0.15, -0.1) is 0 Å². The van der Waals surface area contributed by atoms with E-state index in [1.54, 1.807) is 11.4 Å². The molecule has 1 rings (SSSR count). The van der Waals surface area contributed by atoms with Crippen molar-refractivity contribution < 1.29 is 37.0 Å². The highest BCUT2D eigenvalue weighted by Gasteiger charge is 2.45. The Labute approximate surface area is 128 Å². The van der Waals surface area contributed by atoms with E-state index in [-0.39, 0.29) is 5.56 Å². The Bertz CT molecular complexity index is 638. The minimum absolute atomic E-state index is 0.0136. The molecule has 0 heterocycles. The van der Waals surface area contributed by atoms with Crippen LogP contribution in [0.25, 0.3) is 0 Å². The first-order chi connectivity index (χ1) is 10.7. The van der Waals surface area contributed by atoms with Gasteiger partial charge in [0.25, 0.3) is 5.91 Å². The Balaban J connectivity index is 3.37. The molecule has 1 aromatic rings. The summed E-state index contributed by atoms with van der Waals surface area (Å²) in [5.74, 6) is -4.38. The largest absolute Gasteiger partial charge is 0.465 e. The average molecular weight is 331 g/mol. The van der Waals surface area contributed by atoms with Crippen LogP contribution in [0.4, 0.5) is 13.2 Å². The smallest absolute Gasteiger partial charge is 0.425 e. The van der Waals surface area contributed by atoms with E-state index in [9.17, 15) is 27.6 Å². The van der Waals surface area contributed by atoms with Crippen molar-refractivity contribution in [2.45, 2.75) is 6.18 Å². The summed E-state index contributed by atoms with van der Waals surface area (Å²) in [6, 6.07) is 7.16. The lowest BCUT2D eigenvalue weighted by molar-refractivity contribution is -0.150. The molecule has 1 N–H and O–H groups in total. The minimum Gasteiger partial charge on any atom is -0.465 e. The molecule has 23 heavy (non-hydrogen) atoms. The number of methoxy groups -OCH3 is 2. The number of carbonyl (C=O) groups excluding carboxylic acids is 3. The molecule has 0 saturated heterocycles. The number of alkyl halides is 3. The van der Waals surface area contributed by atoms with Crippen molar-refractivity contribution >= 4 is 17.8 Å². The third-order valence-corrected chi connectivity index (χ3v) is 2.59. The first-order valence-corrected chi connectivity index (χ1v) is 6.06. The standard InChI is InChI=1S/C14H12F3NO5/c1-22-12(20)9(14(15,16)17)10(13(21)23-2)18-11(19)8-6-4-3-5-7-8/h3-7H,1-2H3,(H,18,19). The zero-order valence-corrected chi connectivity index (χ0v) is 12.1. The first-order valence-electron chi connectivity index (χ1n) is 6.06. The molecule has 0 aliphatic carbocycles. The lowest BCUT2D eigenvalue weighted by Gasteiger charge is -2.15. The van der Waals surface area contributed by atoms with E-state index in [0.717, 1.165) is 7.11 Å². The van der Waals surface area contributed by atoms with E-state index in [1.807, 2.05) is 0 Å². The number of ether oxygens (including phenoxy) is 2. The van der Waals surface area contributed by atoms with Crippen molar-refractivity contribution in [3.05, 3.63) is 47.2 Å². The normalized spacial score (nSPS) is 12.0. The molecule has 0 radical (unpaired) electrons. The molecule has 0 saturated carbocycles. The summed E-state index contributed by atoms with van der Waals surface area (Å²) in [5, 5.41) is 1.75. The van der Waals surface area contributed by atoms with Crippen LogP contribution in [0.15, 0.2) is 41.6 Å². The second-order valence-corrected chi connectivity index (χ2v) is 4.05. The molecule has 1 aromatic carbocycles. The first kappa shape index (κ1) is 18.2. The molecule has 0 unspecified atom stereocenters. The van der Waals surface area contributed by atoms with Crippen LogP contribution in [-0.4, -0.2) is 38.2 Å². The maximum atomic E-state index is 13.0. The van der Waals surface area contributed by atoms with Crippen LogP contribution in [0.3, 0.4) is 0 Å². The highest BCUT2D eigenvalue weighted by atomic mass is 19.4. The number of amides is 1. The van der Waals surface area contributed by atoms with Crippen molar-refractivity contribution in [3.63, 3.8) is 0 Å². The van der Waals surface area contributed by atoms with Gasteiger partial charge in [0, 0.05) is 5.56 Å². The van der Waals surface area contributed by atoms with Gasteiger partial charge in [0.05, 0.1) is 14.2 Å². The number of rotatable bonds is 4. The molecular formula is C14H12F3NO5. The summed E-state index contributed by atoms with van der Waals surface area (Å²) < 4.78 is 47.3. The predicted octanol–water partition coefficient (Wildman–Crippen LogP) is 1.58. The Morgan fingerprint density at radius 3 is 1.91 bits per heavy atom. The Morgan fingerprint density at radius 2 is 1.48 bits per heavy atom. The number of carbonyl (C=O) groups is 3. The van der Waals surface area contributed by atoms with Gasteiger partial charge in [0.15, 0.2) is 5.57 Å². The molecule has 0 bridgehead atoms. The van der Waals surface area contributed by atoms with Crippen LogP contribution >= 0.6 is 0 Å². The zero-order valence-electron chi connectivity index (χ0n) is 12.1. The summed E-state index contributed by atoms with van der Waals surface area (Å²) in [7, 11) is 1.52. The van der Waals surface area contributed by atoms with E-state index in [2.05, 4.69) is 9.47 Å². The number of esters is 2. The molecule has 0 spiro atoms. The molecule has 9 heteroatoms. The van der Waals surface area contributed by atoms with Gasteiger partial charge in [-0.3, -0.25) is 4.79 Å². The molecule has 0 fully saturated rings. The molecule has 0 aliphatic heterocycles. The maximum absolute atomic E-state index is 13.0. The van der Waals surface area contributed by atoms with Gasteiger partial charge in [-0.1, -0.05) is 18.2 Å². The predicted molar refractivity (Wildman–Crippen MR) is 71.0 cm³/mol. The summed E-state index contributed by atoms with van der Waals surface area (Å²) in [6.45, 7) is 0. The molecule has 0 aromatic heterocycles. The summed E-state index contributed by atoms with van der Waals surface area (Å²) >= 11 is 0. The number of benzene rings is 1. The fraction of sp³-hybridized carbons (Fsp3) is 0.214. The van der Waals surface area contributed by atoms with Crippen molar-refractivity contribution in [1.82, 2.24) is 5.32 Å². The number of hydrogen-bond acceptors (Lipinski definition) is 5. The highest BCUT2D eigenvalue weighted by molar-refractivity contribution is 6.06. The van der Waals surface area contributed by atoms with Crippen molar-refractivity contribution in [2.24, 2.45) is 0 Å². The van der Waals surface area contributed by atoms with E-state index < -0.39 is 35.3 Å². The van der Waals surface area contributed by atoms with Gasteiger partial charge in [0.2, 0.25) is 0 Å². The van der Waals surface area contributed by atoms with Crippen molar-refractivity contribution in [3.8, 4) is 0 Å². The number of hydrogen-bond donors (Lipinski definition) is 1. The third-order valence-electron chi connectivity index (χ3n) is 2.59. The van der Waals surface area contributed by atoms with Crippen LogP contribution in [-0.2, 0) is 19.1 Å². The lowest BCUT2D eigenvalue weighted by atomic mass is 10.1. The topological polar surface area (TPSA) is 81.7 Å². The van der Waals surface area contributed by atoms with Gasteiger partial charge in [-0.25, -0.2) is 9.59 Å². The Kier molecular flexibility index (Phi) is 5.88. The van der Waals surface area contributed by atoms with Crippen molar-refractivity contribution in [1.29, 1.82) is 0 Å². The third kappa shape index (κ3) is 4.56. The van der Waals surface area contributed by atoms with Crippen LogP contribution < -0.4 is 5.32 Å². The summed E-state index contributed by atoms with van der Waals surface area (Å²) in [5.41, 5.74) is -3.32. The maximum Gasteiger partial charge on any atom is 0.425 e. The molecule has 6 nitrogen and oxygen atoms in total. The Morgan fingerprint density at radius 1 is 0.957 bits per heavy atom. The van der Waals surface area contributed by atoms with Crippen LogP contribution in [0.2, 0.25) is 0 Å². The van der Waals surface area contributed by atoms with Gasteiger partial charge in [0.1, 0.15) is 5.70 Å². The van der Waals surface area contributed by atoms with Crippen LogP contribution in [0.5, 0.6) is 0 Å². The minimum atomic E-state index is -5.24. The summed E-state index contributed by atoms with van der Waals surface area (Å²) in [4.78, 5) is 34.9. The van der Waals surface area contributed by atoms with E-state index >= 15 is 0 Å².